The molecule has 1 aliphatic rings. The van der Waals surface area contributed by atoms with Crippen molar-refractivity contribution in [1.82, 2.24) is 9.55 Å². The molecule has 0 unspecified atom stereocenters. The minimum Gasteiger partial charge on any atom is -0.381 e. The summed E-state index contributed by atoms with van der Waals surface area (Å²) in [5, 5.41) is 0. The van der Waals surface area contributed by atoms with Crippen molar-refractivity contribution in [3.05, 3.63) is 24.0 Å². The summed E-state index contributed by atoms with van der Waals surface area (Å²) in [6.07, 6.45) is 2.04. The van der Waals surface area contributed by atoms with Gasteiger partial charge in [0.2, 0.25) is 5.95 Å². The van der Waals surface area contributed by atoms with Gasteiger partial charge >= 0.3 is 0 Å². The number of rotatable bonds is 2. The van der Waals surface area contributed by atoms with Gasteiger partial charge in [-0.1, -0.05) is 0 Å². The van der Waals surface area contributed by atoms with E-state index in [9.17, 15) is 4.39 Å². The molecule has 4 nitrogen and oxygen atoms in total. The molecule has 0 spiro atoms. The van der Waals surface area contributed by atoms with Gasteiger partial charge in [-0.25, -0.2) is 9.37 Å². The van der Waals surface area contributed by atoms with Gasteiger partial charge in [-0.2, -0.15) is 0 Å². The van der Waals surface area contributed by atoms with Crippen LogP contribution in [0.2, 0.25) is 0 Å². The van der Waals surface area contributed by atoms with Crippen molar-refractivity contribution in [3.63, 3.8) is 0 Å². The number of hydrogen-bond acceptors (Lipinski definition) is 3. The summed E-state index contributed by atoms with van der Waals surface area (Å²) in [4.78, 5) is 4.26. The van der Waals surface area contributed by atoms with Crippen LogP contribution in [0.25, 0.3) is 11.0 Å². The first-order chi connectivity index (χ1) is 8.74. The number of nitrogen functional groups attached to an aromatic ring is 1. The maximum atomic E-state index is 13.3. The number of aromatic nitrogens is 2. The molecular weight excluding hydrogens is 233 g/mol. The number of fused-ring (bicyclic) bond motifs is 1. The quantitative estimate of drug-likeness (QED) is 0.887. The molecule has 96 valence electrons. The molecule has 18 heavy (non-hydrogen) atoms. The molecule has 1 fully saturated rings. The Morgan fingerprint density at radius 3 is 2.94 bits per heavy atom. The maximum Gasteiger partial charge on any atom is 0.201 e. The van der Waals surface area contributed by atoms with E-state index in [1.807, 2.05) is 4.57 Å². The fourth-order valence-electron chi connectivity index (χ4n) is 2.49. The van der Waals surface area contributed by atoms with Crippen LogP contribution in [0.4, 0.5) is 10.3 Å². The SMILES string of the molecule is Nc1nc2ccc(F)cc2n1CC1CCOCC1. The Morgan fingerprint density at radius 1 is 1.39 bits per heavy atom. The molecule has 0 radical (unpaired) electrons. The monoisotopic (exact) mass is 249 g/mol. The van der Waals surface area contributed by atoms with Gasteiger partial charge in [-0.3, -0.25) is 0 Å². The molecule has 2 heterocycles. The van der Waals surface area contributed by atoms with Gasteiger partial charge in [0.25, 0.3) is 0 Å². The minimum atomic E-state index is -0.254. The number of halogens is 1. The topological polar surface area (TPSA) is 53.1 Å². The molecule has 3 rings (SSSR count). The van der Waals surface area contributed by atoms with Crippen molar-refractivity contribution in [1.29, 1.82) is 0 Å². The fraction of sp³-hybridized carbons (Fsp3) is 0.462. The summed E-state index contributed by atoms with van der Waals surface area (Å²) in [7, 11) is 0. The largest absolute Gasteiger partial charge is 0.381 e. The second-order valence-corrected chi connectivity index (χ2v) is 4.77. The van der Waals surface area contributed by atoms with E-state index >= 15 is 0 Å². The van der Waals surface area contributed by atoms with E-state index in [2.05, 4.69) is 4.98 Å². The van der Waals surface area contributed by atoms with Crippen molar-refractivity contribution in [2.24, 2.45) is 5.92 Å². The number of hydrogen-bond donors (Lipinski definition) is 1. The Labute approximate surface area is 105 Å². The van der Waals surface area contributed by atoms with E-state index in [0.717, 1.165) is 43.6 Å². The van der Waals surface area contributed by atoms with Crippen molar-refractivity contribution in [2.45, 2.75) is 19.4 Å². The molecule has 2 aromatic rings. The first-order valence-electron chi connectivity index (χ1n) is 6.23. The van der Waals surface area contributed by atoms with E-state index in [1.165, 1.54) is 12.1 Å². The second-order valence-electron chi connectivity index (χ2n) is 4.77. The Bertz CT molecular complexity index is 561. The third-order valence-corrected chi connectivity index (χ3v) is 3.52. The lowest BCUT2D eigenvalue weighted by atomic mass is 10.0. The van der Waals surface area contributed by atoms with Crippen molar-refractivity contribution in [3.8, 4) is 0 Å². The standard InChI is InChI=1S/C13H16FN3O/c14-10-1-2-11-12(7-10)17(13(15)16-11)8-9-3-5-18-6-4-9/h1-2,7,9H,3-6,8H2,(H2,15,16). The van der Waals surface area contributed by atoms with Crippen LogP contribution in [0.5, 0.6) is 0 Å². The molecule has 2 N–H and O–H groups in total. The molecule has 1 aromatic carbocycles. The molecule has 1 aliphatic heterocycles. The molecule has 0 amide bonds. The smallest absolute Gasteiger partial charge is 0.201 e. The van der Waals surface area contributed by atoms with Crippen LogP contribution in [0.15, 0.2) is 18.2 Å². The normalized spacial score (nSPS) is 17.4. The summed E-state index contributed by atoms with van der Waals surface area (Å²) < 4.78 is 20.6. The molecule has 0 atom stereocenters. The first-order valence-corrected chi connectivity index (χ1v) is 6.23. The lowest BCUT2D eigenvalue weighted by Gasteiger charge is -2.23. The number of benzene rings is 1. The Kier molecular flexibility index (Phi) is 2.91. The average Bonchev–Trinajstić information content (AvgIpc) is 2.67. The number of anilines is 1. The highest BCUT2D eigenvalue weighted by molar-refractivity contribution is 5.78. The van der Waals surface area contributed by atoms with Crippen LogP contribution in [0.1, 0.15) is 12.8 Å². The lowest BCUT2D eigenvalue weighted by molar-refractivity contribution is 0.0617. The number of nitrogens with two attached hydrogens (primary N) is 1. The van der Waals surface area contributed by atoms with E-state index < -0.39 is 0 Å². The number of ether oxygens (including phenoxy) is 1. The summed E-state index contributed by atoms with van der Waals surface area (Å²) in [6, 6.07) is 4.58. The third kappa shape index (κ3) is 2.06. The molecule has 0 saturated carbocycles. The second kappa shape index (κ2) is 4.57. The van der Waals surface area contributed by atoms with Crippen LogP contribution in [-0.2, 0) is 11.3 Å². The minimum absolute atomic E-state index is 0.254. The van der Waals surface area contributed by atoms with Gasteiger partial charge in [-0.15, -0.1) is 0 Å². The van der Waals surface area contributed by atoms with E-state index in [4.69, 9.17) is 10.5 Å². The van der Waals surface area contributed by atoms with E-state index in [1.54, 1.807) is 6.07 Å². The Balaban J connectivity index is 1.94. The van der Waals surface area contributed by atoms with Crippen molar-refractivity contribution < 1.29 is 9.13 Å². The zero-order chi connectivity index (χ0) is 12.5. The summed E-state index contributed by atoms with van der Waals surface area (Å²) >= 11 is 0. The molecule has 1 aromatic heterocycles. The van der Waals surface area contributed by atoms with Gasteiger partial charge in [0, 0.05) is 19.8 Å². The highest BCUT2D eigenvalue weighted by Gasteiger charge is 2.17. The molecule has 5 heteroatoms. The Hall–Kier alpha value is -1.62. The maximum absolute atomic E-state index is 13.3. The van der Waals surface area contributed by atoms with Crippen LogP contribution >= 0.6 is 0 Å². The van der Waals surface area contributed by atoms with Crippen molar-refractivity contribution in [2.75, 3.05) is 18.9 Å². The van der Waals surface area contributed by atoms with Gasteiger partial charge in [0.05, 0.1) is 11.0 Å². The van der Waals surface area contributed by atoms with Crippen LogP contribution in [0.3, 0.4) is 0 Å². The summed E-state index contributed by atoms with van der Waals surface area (Å²) in [5.41, 5.74) is 7.45. The summed E-state index contributed by atoms with van der Waals surface area (Å²) in [5.74, 6) is 0.736. The molecule has 0 bridgehead atoms. The number of imidazole rings is 1. The van der Waals surface area contributed by atoms with Crippen molar-refractivity contribution >= 4 is 17.0 Å². The fourth-order valence-corrected chi connectivity index (χ4v) is 2.49. The number of nitrogens with zero attached hydrogens (tertiary/aromatic N) is 2. The van der Waals surface area contributed by atoms with Gasteiger partial charge in [0.1, 0.15) is 5.82 Å². The predicted molar refractivity (Wildman–Crippen MR) is 67.6 cm³/mol. The summed E-state index contributed by atoms with van der Waals surface area (Å²) in [6.45, 7) is 2.38. The zero-order valence-corrected chi connectivity index (χ0v) is 10.1. The zero-order valence-electron chi connectivity index (χ0n) is 10.1. The average molecular weight is 249 g/mol. The molecular formula is C13H16FN3O. The Morgan fingerprint density at radius 2 is 2.17 bits per heavy atom. The highest BCUT2D eigenvalue weighted by Crippen LogP contribution is 2.24. The molecule has 1 saturated heterocycles. The van der Waals surface area contributed by atoms with Crippen LogP contribution in [0, 0.1) is 11.7 Å². The van der Waals surface area contributed by atoms with Gasteiger partial charge in [-0.05, 0) is 37.0 Å². The highest BCUT2D eigenvalue weighted by atomic mass is 19.1. The predicted octanol–water partition coefficient (Wildman–Crippen LogP) is 2.18. The third-order valence-electron chi connectivity index (χ3n) is 3.52. The van der Waals surface area contributed by atoms with E-state index in [-0.39, 0.29) is 5.82 Å². The first kappa shape index (κ1) is 11.5. The van der Waals surface area contributed by atoms with Gasteiger partial charge in [0.15, 0.2) is 0 Å². The van der Waals surface area contributed by atoms with Gasteiger partial charge < -0.3 is 15.0 Å². The van der Waals surface area contributed by atoms with Crippen LogP contribution in [-0.4, -0.2) is 22.8 Å². The van der Waals surface area contributed by atoms with E-state index in [0.29, 0.717) is 11.9 Å². The van der Waals surface area contributed by atoms with Crippen LogP contribution < -0.4 is 5.73 Å². The lowest BCUT2D eigenvalue weighted by Crippen LogP contribution is -2.21. The molecule has 0 aliphatic carbocycles.